The molecule has 1 aliphatic rings. The fraction of sp³-hybridized carbons (Fsp3) is 0.368. The Morgan fingerprint density at radius 2 is 2.07 bits per heavy atom. The smallest absolute Gasteiger partial charge is 0.310 e. The molecule has 8 nitrogen and oxygen atoms in total. The number of para-hydroxylation sites is 2. The monoisotopic (exact) mass is 371 g/mol. The Balaban J connectivity index is 1.70. The number of carbonyl (C=O) groups excluding carboxylic acids is 3. The third-order valence-corrected chi connectivity index (χ3v) is 4.49. The zero-order chi connectivity index (χ0) is 19.6. The maximum Gasteiger partial charge on any atom is 0.310 e. The summed E-state index contributed by atoms with van der Waals surface area (Å²) in [6.45, 7) is 4.83. The molecule has 0 saturated carbocycles. The molecule has 1 aromatic heterocycles. The fourth-order valence-corrected chi connectivity index (χ4v) is 3.13. The highest BCUT2D eigenvalue weighted by Gasteiger charge is 2.30. The number of fused-ring (bicyclic) bond motifs is 1. The summed E-state index contributed by atoms with van der Waals surface area (Å²) in [7, 11) is 0. The van der Waals surface area contributed by atoms with E-state index in [4.69, 9.17) is 9.26 Å². The zero-order valence-electron chi connectivity index (χ0n) is 15.4. The van der Waals surface area contributed by atoms with Crippen molar-refractivity contribution in [2.24, 2.45) is 0 Å². The Labute approximate surface area is 156 Å². The van der Waals surface area contributed by atoms with Gasteiger partial charge in [0.2, 0.25) is 5.91 Å². The second-order valence-corrected chi connectivity index (χ2v) is 6.52. The molecule has 8 heteroatoms. The van der Waals surface area contributed by atoms with Gasteiger partial charge < -0.3 is 19.5 Å². The van der Waals surface area contributed by atoms with Crippen molar-refractivity contribution in [2.75, 3.05) is 16.8 Å². The molecule has 3 rings (SSSR count). The van der Waals surface area contributed by atoms with Crippen LogP contribution in [0.15, 0.2) is 28.8 Å². The highest BCUT2D eigenvalue weighted by molar-refractivity contribution is 6.05. The van der Waals surface area contributed by atoms with Crippen LogP contribution in [0.25, 0.3) is 0 Å². The lowest BCUT2D eigenvalue weighted by atomic mass is 10.1. The molecular weight excluding hydrogens is 350 g/mol. The van der Waals surface area contributed by atoms with Gasteiger partial charge in [-0.05, 0) is 32.9 Å². The summed E-state index contributed by atoms with van der Waals surface area (Å²) in [5.74, 6) is -0.544. The quantitative estimate of drug-likeness (QED) is 0.826. The van der Waals surface area contributed by atoms with E-state index in [1.807, 2.05) is 0 Å². The molecule has 2 heterocycles. The molecule has 1 aromatic carbocycles. The Morgan fingerprint density at radius 3 is 2.78 bits per heavy atom. The van der Waals surface area contributed by atoms with Gasteiger partial charge in [-0.3, -0.25) is 14.4 Å². The first-order chi connectivity index (χ1) is 12.9. The van der Waals surface area contributed by atoms with E-state index in [0.29, 0.717) is 28.4 Å². The minimum absolute atomic E-state index is 0.0133. The molecule has 0 saturated heterocycles. The molecular formula is C19H21N3O5. The van der Waals surface area contributed by atoms with Crippen LogP contribution in [0.1, 0.15) is 30.4 Å². The Kier molecular flexibility index (Phi) is 5.25. The van der Waals surface area contributed by atoms with Gasteiger partial charge in [-0.15, -0.1) is 0 Å². The molecule has 1 atom stereocenters. The predicted molar refractivity (Wildman–Crippen MR) is 97.3 cm³/mol. The predicted octanol–water partition coefficient (Wildman–Crippen LogP) is 2.14. The van der Waals surface area contributed by atoms with Crippen LogP contribution in [0.3, 0.4) is 0 Å². The average Bonchev–Trinajstić information content (AvgIpc) is 2.86. The first-order valence-electron chi connectivity index (χ1n) is 8.65. The number of aryl methyl sites for hydroxylation is 2. The van der Waals surface area contributed by atoms with E-state index in [9.17, 15) is 14.4 Å². The minimum Gasteiger partial charge on any atom is -0.455 e. The van der Waals surface area contributed by atoms with Crippen LogP contribution in [0.5, 0.6) is 0 Å². The molecule has 0 aliphatic carbocycles. The van der Waals surface area contributed by atoms with E-state index in [1.54, 1.807) is 45.0 Å². The Bertz CT molecular complexity index is 870. The number of rotatable bonds is 4. The first kappa shape index (κ1) is 18.6. The number of nitrogens with one attached hydrogen (secondary N) is 1. The largest absolute Gasteiger partial charge is 0.455 e. The number of nitrogens with zero attached hydrogens (tertiary/aromatic N) is 2. The van der Waals surface area contributed by atoms with Crippen LogP contribution in [0.2, 0.25) is 0 Å². The standard InChI is InChI=1S/C19H21N3O5/c1-11-8-17(23)20-15-6-4-5-7-16(15)22(11)18(24)10-26-19(25)9-14-12(2)21-27-13(14)3/h4-7,11H,8-10H2,1-3H3,(H,20,23)/t11-/m0/s1. The molecule has 0 radical (unpaired) electrons. The van der Waals surface area contributed by atoms with Crippen LogP contribution in [0, 0.1) is 13.8 Å². The van der Waals surface area contributed by atoms with Gasteiger partial charge in [0.15, 0.2) is 6.61 Å². The molecule has 2 aromatic rings. The topological polar surface area (TPSA) is 102 Å². The summed E-state index contributed by atoms with van der Waals surface area (Å²) >= 11 is 0. The van der Waals surface area contributed by atoms with Gasteiger partial charge in [0.1, 0.15) is 5.76 Å². The van der Waals surface area contributed by atoms with Crippen molar-refractivity contribution in [1.29, 1.82) is 0 Å². The van der Waals surface area contributed by atoms with E-state index >= 15 is 0 Å². The second-order valence-electron chi connectivity index (χ2n) is 6.52. The summed E-state index contributed by atoms with van der Waals surface area (Å²) in [6, 6.07) is 6.69. The van der Waals surface area contributed by atoms with Crippen molar-refractivity contribution in [3.05, 3.63) is 41.3 Å². The molecule has 1 N–H and O–H groups in total. The summed E-state index contributed by atoms with van der Waals surface area (Å²) in [6.07, 6.45) is 0.147. The maximum absolute atomic E-state index is 12.8. The third kappa shape index (κ3) is 3.99. The van der Waals surface area contributed by atoms with Gasteiger partial charge >= 0.3 is 5.97 Å². The highest BCUT2D eigenvalue weighted by Crippen LogP contribution is 2.31. The van der Waals surface area contributed by atoms with Crippen LogP contribution >= 0.6 is 0 Å². The van der Waals surface area contributed by atoms with E-state index in [-0.39, 0.29) is 24.8 Å². The second kappa shape index (κ2) is 7.61. The van der Waals surface area contributed by atoms with Crippen molar-refractivity contribution in [3.8, 4) is 0 Å². The summed E-state index contributed by atoms with van der Waals surface area (Å²) in [5, 5.41) is 6.58. The number of carbonyl (C=O) groups is 3. The van der Waals surface area contributed by atoms with Crippen molar-refractivity contribution in [3.63, 3.8) is 0 Å². The maximum atomic E-state index is 12.8. The van der Waals surface area contributed by atoms with Gasteiger partial charge in [0.25, 0.3) is 5.91 Å². The Hall–Kier alpha value is -3.16. The number of benzene rings is 1. The minimum atomic E-state index is -0.539. The number of hydrogen-bond acceptors (Lipinski definition) is 6. The third-order valence-electron chi connectivity index (χ3n) is 4.49. The lowest BCUT2D eigenvalue weighted by molar-refractivity contribution is -0.147. The number of amides is 2. The van der Waals surface area contributed by atoms with E-state index in [0.717, 1.165) is 0 Å². The molecule has 1 aliphatic heterocycles. The number of ether oxygens (including phenoxy) is 1. The van der Waals surface area contributed by atoms with Gasteiger partial charge in [-0.2, -0.15) is 0 Å². The van der Waals surface area contributed by atoms with E-state index in [1.165, 1.54) is 4.90 Å². The molecule has 2 amide bonds. The average molecular weight is 371 g/mol. The lowest BCUT2D eigenvalue weighted by Gasteiger charge is -2.27. The number of anilines is 2. The molecule has 0 unspecified atom stereocenters. The lowest BCUT2D eigenvalue weighted by Crippen LogP contribution is -2.41. The van der Waals surface area contributed by atoms with Crippen molar-refractivity contribution >= 4 is 29.2 Å². The number of hydrogen-bond donors (Lipinski definition) is 1. The van der Waals surface area contributed by atoms with Crippen LogP contribution in [-0.2, 0) is 25.5 Å². The number of esters is 1. The van der Waals surface area contributed by atoms with Crippen molar-refractivity contribution < 1.29 is 23.6 Å². The highest BCUT2D eigenvalue weighted by atomic mass is 16.5. The Morgan fingerprint density at radius 1 is 1.33 bits per heavy atom. The summed E-state index contributed by atoms with van der Waals surface area (Å²) in [4.78, 5) is 38.3. The summed E-state index contributed by atoms with van der Waals surface area (Å²) in [5.41, 5.74) is 2.43. The van der Waals surface area contributed by atoms with Crippen LogP contribution in [-0.4, -0.2) is 35.6 Å². The van der Waals surface area contributed by atoms with Crippen molar-refractivity contribution in [2.45, 2.75) is 39.7 Å². The first-order valence-corrected chi connectivity index (χ1v) is 8.65. The van der Waals surface area contributed by atoms with Gasteiger partial charge in [0.05, 0.1) is 23.5 Å². The normalized spacial score (nSPS) is 16.3. The summed E-state index contributed by atoms with van der Waals surface area (Å²) < 4.78 is 10.2. The molecule has 0 bridgehead atoms. The number of aromatic nitrogens is 1. The fourth-order valence-electron chi connectivity index (χ4n) is 3.13. The van der Waals surface area contributed by atoms with Gasteiger partial charge in [-0.25, -0.2) is 0 Å². The van der Waals surface area contributed by atoms with E-state index in [2.05, 4.69) is 10.5 Å². The van der Waals surface area contributed by atoms with E-state index < -0.39 is 18.5 Å². The van der Waals surface area contributed by atoms with Gasteiger partial charge in [-0.1, -0.05) is 17.3 Å². The molecule has 0 spiro atoms. The van der Waals surface area contributed by atoms with Crippen LogP contribution < -0.4 is 10.2 Å². The van der Waals surface area contributed by atoms with Crippen molar-refractivity contribution in [1.82, 2.24) is 5.16 Å². The van der Waals surface area contributed by atoms with Crippen LogP contribution in [0.4, 0.5) is 11.4 Å². The zero-order valence-corrected chi connectivity index (χ0v) is 15.4. The molecule has 142 valence electrons. The SMILES string of the molecule is Cc1noc(C)c1CC(=O)OCC(=O)N1c2ccccc2NC(=O)C[C@@H]1C. The molecule has 0 fully saturated rings. The molecule has 27 heavy (non-hydrogen) atoms. The van der Waals surface area contributed by atoms with Gasteiger partial charge in [0, 0.05) is 18.0 Å².